The number of aromatic nitrogens is 1. The predicted molar refractivity (Wildman–Crippen MR) is 68.0 cm³/mol. The van der Waals surface area contributed by atoms with Crippen LogP contribution in [0.3, 0.4) is 0 Å². The van der Waals surface area contributed by atoms with Gasteiger partial charge in [-0.1, -0.05) is 6.07 Å². The number of ether oxygens (including phenoxy) is 1. The summed E-state index contributed by atoms with van der Waals surface area (Å²) >= 11 is 0. The second kappa shape index (κ2) is 5.14. The first-order valence-corrected chi connectivity index (χ1v) is 5.62. The van der Waals surface area contributed by atoms with Crippen molar-refractivity contribution < 1.29 is 9.13 Å². The van der Waals surface area contributed by atoms with Gasteiger partial charge < -0.3 is 10.5 Å². The molecule has 2 N–H and O–H groups in total. The molecule has 0 aliphatic heterocycles. The smallest absolute Gasteiger partial charge is 0.124 e. The fraction of sp³-hybridized carbons (Fsp3) is 0.214. The number of methoxy groups -OCH3 is 1. The predicted octanol–water partition coefficient (Wildman–Crippen LogP) is 2.59. The molecule has 0 radical (unpaired) electrons. The summed E-state index contributed by atoms with van der Waals surface area (Å²) in [6, 6.07) is 5.80. The maximum Gasteiger partial charge on any atom is 0.124 e. The van der Waals surface area contributed by atoms with E-state index in [9.17, 15) is 4.39 Å². The third kappa shape index (κ3) is 2.49. The standard InChI is InChI=1S/C14H15FN2O/c1-9-5-10(8-17-7-9)14(16)12-6-11(15)3-4-13(12)18-2/h3-8,14H,16H2,1-2H3. The third-order valence-corrected chi connectivity index (χ3v) is 2.78. The van der Waals surface area contributed by atoms with Gasteiger partial charge in [0.1, 0.15) is 11.6 Å². The van der Waals surface area contributed by atoms with E-state index in [2.05, 4.69) is 4.98 Å². The van der Waals surface area contributed by atoms with Crippen LogP contribution in [-0.2, 0) is 0 Å². The van der Waals surface area contributed by atoms with Gasteiger partial charge in [-0.2, -0.15) is 0 Å². The lowest BCUT2D eigenvalue weighted by Gasteiger charge is -2.16. The molecule has 4 heteroatoms. The lowest BCUT2D eigenvalue weighted by Crippen LogP contribution is -2.14. The average molecular weight is 246 g/mol. The van der Waals surface area contributed by atoms with E-state index >= 15 is 0 Å². The summed E-state index contributed by atoms with van der Waals surface area (Å²) in [6.45, 7) is 1.94. The summed E-state index contributed by atoms with van der Waals surface area (Å²) in [5.41, 5.74) is 8.60. The zero-order chi connectivity index (χ0) is 13.1. The van der Waals surface area contributed by atoms with E-state index < -0.39 is 6.04 Å². The van der Waals surface area contributed by atoms with Crippen molar-refractivity contribution in [3.8, 4) is 5.75 Å². The van der Waals surface area contributed by atoms with Gasteiger partial charge in [0.15, 0.2) is 0 Å². The summed E-state index contributed by atoms with van der Waals surface area (Å²) in [5, 5.41) is 0. The van der Waals surface area contributed by atoms with E-state index in [1.807, 2.05) is 13.0 Å². The summed E-state index contributed by atoms with van der Waals surface area (Å²) < 4.78 is 18.5. The Hall–Kier alpha value is -1.94. The Morgan fingerprint density at radius 3 is 2.72 bits per heavy atom. The van der Waals surface area contributed by atoms with Crippen molar-refractivity contribution in [2.45, 2.75) is 13.0 Å². The molecule has 0 bridgehead atoms. The topological polar surface area (TPSA) is 48.1 Å². The Labute approximate surface area is 105 Å². The molecule has 0 aliphatic rings. The highest BCUT2D eigenvalue weighted by Gasteiger charge is 2.15. The number of hydrogen-bond donors (Lipinski definition) is 1. The number of rotatable bonds is 3. The van der Waals surface area contributed by atoms with Gasteiger partial charge in [-0.3, -0.25) is 4.98 Å². The van der Waals surface area contributed by atoms with Crippen LogP contribution in [0.1, 0.15) is 22.7 Å². The summed E-state index contributed by atoms with van der Waals surface area (Å²) in [6.07, 6.45) is 3.43. The fourth-order valence-corrected chi connectivity index (χ4v) is 1.88. The molecule has 1 aromatic carbocycles. The third-order valence-electron chi connectivity index (χ3n) is 2.78. The minimum absolute atomic E-state index is 0.332. The van der Waals surface area contributed by atoms with Crippen LogP contribution in [0.5, 0.6) is 5.75 Å². The highest BCUT2D eigenvalue weighted by atomic mass is 19.1. The van der Waals surface area contributed by atoms with E-state index in [0.29, 0.717) is 11.3 Å². The lowest BCUT2D eigenvalue weighted by molar-refractivity contribution is 0.406. The second-order valence-electron chi connectivity index (χ2n) is 4.16. The molecule has 2 aromatic rings. The molecule has 0 saturated carbocycles. The zero-order valence-corrected chi connectivity index (χ0v) is 10.4. The number of halogens is 1. The van der Waals surface area contributed by atoms with Crippen molar-refractivity contribution in [2.75, 3.05) is 7.11 Å². The van der Waals surface area contributed by atoms with Gasteiger partial charge in [0.25, 0.3) is 0 Å². The van der Waals surface area contributed by atoms with Crippen molar-refractivity contribution >= 4 is 0 Å². The van der Waals surface area contributed by atoms with E-state index in [1.165, 1.54) is 19.2 Å². The monoisotopic (exact) mass is 246 g/mol. The molecular weight excluding hydrogens is 231 g/mol. The molecule has 1 unspecified atom stereocenters. The molecule has 0 amide bonds. The van der Waals surface area contributed by atoms with E-state index in [0.717, 1.165) is 11.1 Å². The van der Waals surface area contributed by atoms with E-state index in [1.54, 1.807) is 18.5 Å². The first-order valence-electron chi connectivity index (χ1n) is 5.62. The van der Waals surface area contributed by atoms with Crippen molar-refractivity contribution in [2.24, 2.45) is 5.73 Å². The highest BCUT2D eigenvalue weighted by Crippen LogP contribution is 2.28. The lowest BCUT2D eigenvalue weighted by atomic mass is 9.99. The van der Waals surface area contributed by atoms with E-state index in [4.69, 9.17) is 10.5 Å². The largest absolute Gasteiger partial charge is 0.496 e. The van der Waals surface area contributed by atoms with Crippen LogP contribution < -0.4 is 10.5 Å². The molecule has 1 atom stereocenters. The van der Waals surface area contributed by atoms with Crippen LogP contribution in [0, 0.1) is 12.7 Å². The molecule has 3 nitrogen and oxygen atoms in total. The molecular formula is C14H15FN2O. The number of pyridine rings is 1. The first kappa shape index (κ1) is 12.5. The Kier molecular flexibility index (Phi) is 3.58. The zero-order valence-electron chi connectivity index (χ0n) is 10.4. The number of benzene rings is 1. The molecule has 18 heavy (non-hydrogen) atoms. The average Bonchev–Trinajstić information content (AvgIpc) is 2.38. The Balaban J connectivity index is 2.44. The molecule has 0 aliphatic carbocycles. The van der Waals surface area contributed by atoms with Gasteiger partial charge in [0.2, 0.25) is 0 Å². The molecule has 1 aromatic heterocycles. The van der Waals surface area contributed by atoms with Crippen molar-refractivity contribution in [1.29, 1.82) is 0 Å². The van der Waals surface area contributed by atoms with Crippen molar-refractivity contribution in [3.05, 3.63) is 59.2 Å². The van der Waals surface area contributed by atoms with Gasteiger partial charge in [0, 0.05) is 18.0 Å². The SMILES string of the molecule is COc1ccc(F)cc1C(N)c1cncc(C)c1. The Morgan fingerprint density at radius 2 is 2.06 bits per heavy atom. The van der Waals surface area contributed by atoms with Gasteiger partial charge >= 0.3 is 0 Å². The molecule has 94 valence electrons. The number of nitrogens with two attached hydrogens (primary N) is 1. The molecule has 2 rings (SSSR count). The molecule has 0 spiro atoms. The fourth-order valence-electron chi connectivity index (χ4n) is 1.88. The van der Waals surface area contributed by atoms with Crippen LogP contribution in [0.2, 0.25) is 0 Å². The van der Waals surface area contributed by atoms with Crippen molar-refractivity contribution in [3.63, 3.8) is 0 Å². The maximum absolute atomic E-state index is 13.3. The minimum atomic E-state index is -0.456. The van der Waals surface area contributed by atoms with Gasteiger partial charge in [-0.15, -0.1) is 0 Å². The van der Waals surface area contributed by atoms with Crippen LogP contribution in [0.25, 0.3) is 0 Å². The molecule has 0 fully saturated rings. The van der Waals surface area contributed by atoms with Gasteiger partial charge in [-0.25, -0.2) is 4.39 Å². The Morgan fingerprint density at radius 1 is 1.28 bits per heavy atom. The quantitative estimate of drug-likeness (QED) is 0.905. The second-order valence-corrected chi connectivity index (χ2v) is 4.16. The first-order chi connectivity index (χ1) is 8.61. The summed E-state index contributed by atoms with van der Waals surface area (Å²) in [7, 11) is 1.54. The van der Waals surface area contributed by atoms with Gasteiger partial charge in [0.05, 0.1) is 13.2 Å². The van der Waals surface area contributed by atoms with Crippen molar-refractivity contribution in [1.82, 2.24) is 4.98 Å². The number of hydrogen-bond acceptors (Lipinski definition) is 3. The van der Waals surface area contributed by atoms with Gasteiger partial charge in [-0.05, 0) is 36.2 Å². The summed E-state index contributed by atoms with van der Waals surface area (Å²) in [5.74, 6) is 0.243. The minimum Gasteiger partial charge on any atom is -0.496 e. The summed E-state index contributed by atoms with van der Waals surface area (Å²) in [4.78, 5) is 4.09. The van der Waals surface area contributed by atoms with Crippen LogP contribution >= 0.6 is 0 Å². The van der Waals surface area contributed by atoms with Crippen LogP contribution in [-0.4, -0.2) is 12.1 Å². The normalized spacial score (nSPS) is 12.2. The number of nitrogens with zero attached hydrogens (tertiary/aromatic N) is 1. The van der Waals surface area contributed by atoms with E-state index in [-0.39, 0.29) is 5.82 Å². The molecule has 0 saturated heterocycles. The van der Waals surface area contributed by atoms with Crippen LogP contribution in [0.4, 0.5) is 4.39 Å². The highest BCUT2D eigenvalue weighted by molar-refractivity contribution is 5.41. The molecule has 1 heterocycles. The number of aryl methyl sites for hydroxylation is 1. The van der Waals surface area contributed by atoms with Crippen LogP contribution in [0.15, 0.2) is 36.7 Å². The Bertz CT molecular complexity index is 557. The maximum atomic E-state index is 13.3.